The molecule has 1 aliphatic rings. The highest BCUT2D eigenvalue weighted by Gasteiger charge is 2.27. The van der Waals surface area contributed by atoms with E-state index in [9.17, 15) is 0 Å². The van der Waals surface area contributed by atoms with Gasteiger partial charge in [0, 0.05) is 6.54 Å². The van der Waals surface area contributed by atoms with Crippen LogP contribution < -0.4 is 5.48 Å². The second-order valence-electron chi connectivity index (χ2n) is 1.67. The van der Waals surface area contributed by atoms with Crippen molar-refractivity contribution in [3.8, 4) is 0 Å². The molecule has 1 fully saturated rings. The molecule has 0 saturated carbocycles. The van der Waals surface area contributed by atoms with E-state index in [1.807, 2.05) is 0 Å². The molecule has 0 amide bonds. The van der Waals surface area contributed by atoms with E-state index in [1.54, 1.807) is 0 Å². The van der Waals surface area contributed by atoms with Crippen LogP contribution in [0.3, 0.4) is 0 Å². The van der Waals surface area contributed by atoms with Crippen LogP contribution in [0.5, 0.6) is 0 Å². The number of hydrogen-bond donors (Lipinski definition) is 1. The average Bonchev–Trinajstić information content (AvgIpc) is 1.77. The standard InChI is InChI=1S/C3H6BCl2NO/c5-3-1-2-7-8-4(3)6/h3,7H,1-2H2. The molecular weight excluding hydrogens is 148 g/mol. The predicted octanol–water partition coefficient (Wildman–Crippen LogP) is 0.785. The van der Waals surface area contributed by atoms with Gasteiger partial charge >= 0.3 is 6.33 Å². The summed E-state index contributed by atoms with van der Waals surface area (Å²) in [6.07, 6.45) is 0.501. The summed E-state index contributed by atoms with van der Waals surface area (Å²) in [6.45, 7) is 0.789. The molecule has 0 bridgehead atoms. The Bertz CT molecular complexity index is 73.7. The normalized spacial score (nSPS) is 30.8. The van der Waals surface area contributed by atoms with Gasteiger partial charge in [0.05, 0.1) is 5.28 Å². The van der Waals surface area contributed by atoms with Crippen molar-refractivity contribution in [2.75, 3.05) is 6.54 Å². The molecule has 5 heteroatoms. The summed E-state index contributed by atoms with van der Waals surface area (Å²) in [6, 6.07) is 0. The molecule has 1 aliphatic heterocycles. The van der Waals surface area contributed by atoms with Gasteiger partial charge in [0.2, 0.25) is 0 Å². The SMILES string of the molecule is ClB1ONCCC1Cl. The summed E-state index contributed by atoms with van der Waals surface area (Å²) in [7, 11) is 0. The third-order valence-corrected chi connectivity index (χ3v) is 1.97. The van der Waals surface area contributed by atoms with E-state index < -0.39 is 0 Å². The van der Waals surface area contributed by atoms with Crippen LogP contribution in [-0.4, -0.2) is 18.2 Å². The maximum atomic E-state index is 5.67. The number of nitrogens with one attached hydrogen (secondary N) is 1. The lowest BCUT2D eigenvalue weighted by molar-refractivity contribution is 0.183. The molecule has 8 heavy (non-hydrogen) atoms. The number of hydrogen-bond acceptors (Lipinski definition) is 2. The summed E-state index contributed by atoms with van der Waals surface area (Å²) < 4.78 is 4.77. The van der Waals surface area contributed by atoms with Crippen molar-refractivity contribution in [3.05, 3.63) is 0 Å². The molecule has 1 rings (SSSR count). The zero-order chi connectivity index (χ0) is 5.98. The third kappa shape index (κ3) is 1.52. The van der Waals surface area contributed by atoms with E-state index in [2.05, 4.69) is 5.48 Å². The minimum absolute atomic E-state index is 0.0436. The Morgan fingerprint density at radius 3 is 2.88 bits per heavy atom. The van der Waals surface area contributed by atoms with Gasteiger partial charge in [-0.05, 0) is 6.42 Å². The third-order valence-electron chi connectivity index (χ3n) is 1.00. The highest BCUT2D eigenvalue weighted by atomic mass is 35.5. The van der Waals surface area contributed by atoms with Gasteiger partial charge in [-0.3, -0.25) is 0 Å². The first kappa shape index (κ1) is 6.68. The van der Waals surface area contributed by atoms with Gasteiger partial charge < -0.3 is 4.76 Å². The second kappa shape index (κ2) is 2.92. The number of rotatable bonds is 0. The van der Waals surface area contributed by atoms with E-state index in [0.29, 0.717) is 0 Å². The van der Waals surface area contributed by atoms with Gasteiger partial charge in [-0.1, -0.05) is 0 Å². The lowest BCUT2D eigenvalue weighted by Gasteiger charge is -2.19. The summed E-state index contributed by atoms with van der Waals surface area (Å²) >= 11 is 11.2. The van der Waals surface area contributed by atoms with Crippen LogP contribution in [-0.2, 0) is 4.76 Å². The molecule has 1 heterocycles. The first-order valence-corrected chi connectivity index (χ1v) is 3.34. The molecule has 1 unspecified atom stereocenters. The van der Waals surface area contributed by atoms with Crippen LogP contribution in [0, 0.1) is 0 Å². The minimum Gasteiger partial charge on any atom is -0.340 e. The Balaban J connectivity index is 2.28. The molecule has 0 aliphatic carbocycles. The van der Waals surface area contributed by atoms with Crippen LogP contribution in [0.1, 0.15) is 6.42 Å². The average molecular weight is 154 g/mol. The summed E-state index contributed by atoms with van der Waals surface area (Å²) in [4.78, 5) is 0. The molecule has 0 aromatic rings. The van der Waals surface area contributed by atoms with Crippen LogP contribution in [0.2, 0.25) is 0 Å². The maximum Gasteiger partial charge on any atom is 0.437 e. The van der Waals surface area contributed by atoms with Crippen LogP contribution >= 0.6 is 23.1 Å². The van der Waals surface area contributed by atoms with Crippen molar-refractivity contribution in [2.24, 2.45) is 0 Å². The highest BCUT2D eigenvalue weighted by Crippen LogP contribution is 2.12. The molecule has 1 atom stereocenters. The molecule has 46 valence electrons. The number of halogens is 2. The predicted molar refractivity (Wildman–Crippen MR) is 35.0 cm³/mol. The van der Waals surface area contributed by atoms with Gasteiger partial charge in [0.1, 0.15) is 0 Å². The van der Waals surface area contributed by atoms with Gasteiger partial charge in [-0.25, -0.2) is 5.48 Å². The van der Waals surface area contributed by atoms with E-state index in [1.165, 1.54) is 0 Å². The number of alkyl halides is 1. The van der Waals surface area contributed by atoms with Gasteiger partial charge in [-0.15, -0.1) is 11.6 Å². The van der Waals surface area contributed by atoms with Crippen LogP contribution in [0.4, 0.5) is 0 Å². The maximum absolute atomic E-state index is 5.67. The van der Waals surface area contributed by atoms with Crippen molar-refractivity contribution >= 4 is 29.4 Å². The lowest BCUT2D eigenvalue weighted by Crippen LogP contribution is -2.39. The fourth-order valence-corrected chi connectivity index (χ4v) is 0.890. The van der Waals surface area contributed by atoms with E-state index in [0.717, 1.165) is 13.0 Å². The molecule has 0 spiro atoms. The molecule has 1 saturated heterocycles. The molecular formula is C3H6BCl2NO. The van der Waals surface area contributed by atoms with E-state index in [-0.39, 0.29) is 11.6 Å². The van der Waals surface area contributed by atoms with Gasteiger partial charge in [0.25, 0.3) is 0 Å². The first-order chi connectivity index (χ1) is 3.80. The fraction of sp³-hybridized carbons (Fsp3) is 1.00. The number of hydroxylamine groups is 1. The van der Waals surface area contributed by atoms with Crippen molar-refractivity contribution in [1.29, 1.82) is 0 Å². The molecule has 0 aromatic carbocycles. The zero-order valence-corrected chi connectivity index (χ0v) is 5.74. The van der Waals surface area contributed by atoms with E-state index >= 15 is 0 Å². The van der Waals surface area contributed by atoms with Crippen LogP contribution in [0.15, 0.2) is 0 Å². The Hall–Kier alpha value is 0.565. The van der Waals surface area contributed by atoms with Crippen molar-refractivity contribution < 1.29 is 4.76 Å². The molecule has 0 radical (unpaired) electrons. The molecule has 0 aromatic heterocycles. The van der Waals surface area contributed by atoms with Crippen molar-refractivity contribution in [1.82, 2.24) is 5.48 Å². The largest absolute Gasteiger partial charge is 0.437 e. The van der Waals surface area contributed by atoms with E-state index in [4.69, 9.17) is 27.8 Å². The Morgan fingerprint density at radius 2 is 2.50 bits per heavy atom. The van der Waals surface area contributed by atoms with Crippen molar-refractivity contribution in [3.63, 3.8) is 0 Å². The summed E-state index contributed by atoms with van der Waals surface area (Å²) in [5.41, 5.74) is 2.65. The van der Waals surface area contributed by atoms with Gasteiger partial charge in [0.15, 0.2) is 0 Å². The quantitative estimate of drug-likeness (QED) is 0.411. The minimum atomic E-state index is -0.370. The zero-order valence-electron chi connectivity index (χ0n) is 4.23. The Kier molecular flexibility index (Phi) is 2.44. The summed E-state index contributed by atoms with van der Waals surface area (Å²) in [5.74, 6) is 0. The smallest absolute Gasteiger partial charge is 0.340 e. The van der Waals surface area contributed by atoms with Gasteiger partial charge in [-0.2, -0.15) is 11.5 Å². The first-order valence-electron chi connectivity index (χ1n) is 2.47. The van der Waals surface area contributed by atoms with Crippen LogP contribution in [0.25, 0.3) is 0 Å². The Morgan fingerprint density at radius 1 is 1.75 bits per heavy atom. The fourth-order valence-electron chi connectivity index (χ4n) is 0.540. The highest BCUT2D eigenvalue weighted by molar-refractivity contribution is 7.06. The Labute approximate surface area is 58.5 Å². The molecule has 1 N–H and O–H groups in total. The topological polar surface area (TPSA) is 21.3 Å². The second-order valence-corrected chi connectivity index (χ2v) is 2.66. The lowest BCUT2D eigenvalue weighted by atomic mass is 9.89. The molecule has 2 nitrogen and oxygen atoms in total. The summed E-state index contributed by atoms with van der Waals surface area (Å²) in [5, 5.41) is -0.0436. The monoisotopic (exact) mass is 153 g/mol. The van der Waals surface area contributed by atoms with Crippen molar-refractivity contribution in [2.45, 2.75) is 11.7 Å².